The van der Waals surface area contributed by atoms with Crippen LogP contribution in [0.4, 0.5) is 5.69 Å². The molecule has 1 saturated heterocycles. The first kappa shape index (κ1) is 16.3. The lowest BCUT2D eigenvalue weighted by Gasteiger charge is -2.35. The Bertz CT molecular complexity index is 508. The first-order valence-electron chi connectivity index (χ1n) is 7.51. The van der Waals surface area contributed by atoms with Gasteiger partial charge in [-0.2, -0.15) is 0 Å². The molecule has 0 aliphatic carbocycles. The molecule has 3 rings (SSSR count). The average molecular weight is 310 g/mol. The number of rotatable bonds is 2. The van der Waals surface area contributed by atoms with Crippen molar-refractivity contribution in [2.45, 2.75) is 25.8 Å². The van der Waals surface area contributed by atoms with E-state index in [1.165, 1.54) is 5.56 Å². The van der Waals surface area contributed by atoms with Crippen LogP contribution >= 0.6 is 12.4 Å². The molecule has 2 aliphatic rings. The molecule has 0 radical (unpaired) electrons. The first-order chi connectivity index (χ1) is 9.65. The van der Waals surface area contributed by atoms with E-state index < -0.39 is 0 Å². The van der Waals surface area contributed by atoms with Gasteiger partial charge in [-0.25, -0.2) is 0 Å². The Morgan fingerprint density at radius 3 is 2.86 bits per heavy atom. The van der Waals surface area contributed by atoms with Crippen LogP contribution in [0.2, 0.25) is 0 Å². The number of para-hydroxylation sites is 1. The summed E-state index contributed by atoms with van der Waals surface area (Å²) in [5.74, 6) is 0.694. The second kappa shape index (κ2) is 6.77. The lowest BCUT2D eigenvalue weighted by atomic mass is 9.95. The summed E-state index contributed by atoms with van der Waals surface area (Å²) in [6.45, 7) is 5.38. The SMILES string of the molecule is CC1CN(CC(=O)N2CCc3ccccc32)CCC1N.Cl. The number of halogens is 1. The molecule has 2 N–H and O–H groups in total. The molecule has 2 atom stereocenters. The first-order valence-corrected chi connectivity index (χ1v) is 7.51. The summed E-state index contributed by atoms with van der Waals surface area (Å²) >= 11 is 0. The zero-order valence-corrected chi connectivity index (χ0v) is 13.3. The maximum absolute atomic E-state index is 12.5. The molecule has 2 aliphatic heterocycles. The third-order valence-corrected chi connectivity index (χ3v) is 4.60. The van der Waals surface area contributed by atoms with Crippen LogP contribution in [0.3, 0.4) is 0 Å². The largest absolute Gasteiger partial charge is 0.327 e. The summed E-state index contributed by atoms with van der Waals surface area (Å²) in [5, 5.41) is 0. The Morgan fingerprint density at radius 2 is 2.10 bits per heavy atom. The van der Waals surface area contributed by atoms with E-state index in [1.807, 2.05) is 17.0 Å². The molecule has 1 fully saturated rings. The predicted molar refractivity (Wildman–Crippen MR) is 87.9 cm³/mol. The summed E-state index contributed by atoms with van der Waals surface area (Å²) in [5.41, 5.74) is 8.42. The molecule has 2 heterocycles. The van der Waals surface area contributed by atoms with Crippen molar-refractivity contribution in [1.29, 1.82) is 0 Å². The minimum Gasteiger partial charge on any atom is -0.327 e. The van der Waals surface area contributed by atoms with Crippen molar-refractivity contribution in [2.24, 2.45) is 11.7 Å². The van der Waals surface area contributed by atoms with E-state index in [0.717, 1.165) is 38.2 Å². The Labute approximate surface area is 132 Å². The summed E-state index contributed by atoms with van der Waals surface area (Å²) in [7, 11) is 0. The summed E-state index contributed by atoms with van der Waals surface area (Å²) in [6.07, 6.45) is 1.97. The summed E-state index contributed by atoms with van der Waals surface area (Å²) in [6, 6.07) is 8.50. The average Bonchev–Trinajstić information content (AvgIpc) is 2.87. The topological polar surface area (TPSA) is 49.6 Å². The maximum atomic E-state index is 12.5. The van der Waals surface area contributed by atoms with E-state index in [1.54, 1.807) is 0 Å². The monoisotopic (exact) mass is 309 g/mol. The highest BCUT2D eigenvalue weighted by Crippen LogP contribution is 2.27. The van der Waals surface area contributed by atoms with Crippen molar-refractivity contribution in [3.63, 3.8) is 0 Å². The second-order valence-corrected chi connectivity index (χ2v) is 6.09. The third kappa shape index (κ3) is 3.39. The number of likely N-dealkylation sites (tertiary alicyclic amines) is 1. The molecule has 21 heavy (non-hydrogen) atoms. The number of hydrogen-bond acceptors (Lipinski definition) is 3. The van der Waals surface area contributed by atoms with Crippen LogP contribution in [0, 0.1) is 5.92 Å². The molecule has 4 nitrogen and oxygen atoms in total. The van der Waals surface area contributed by atoms with E-state index >= 15 is 0 Å². The van der Waals surface area contributed by atoms with Crippen molar-refractivity contribution in [1.82, 2.24) is 4.90 Å². The number of piperidine rings is 1. The molecule has 1 aromatic rings. The number of nitrogens with zero attached hydrogens (tertiary/aromatic N) is 2. The van der Waals surface area contributed by atoms with Gasteiger partial charge in [0, 0.05) is 31.4 Å². The molecular weight excluding hydrogens is 286 g/mol. The van der Waals surface area contributed by atoms with Crippen molar-refractivity contribution < 1.29 is 4.79 Å². The van der Waals surface area contributed by atoms with E-state index in [0.29, 0.717) is 12.5 Å². The maximum Gasteiger partial charge on any atom is 0.241 e. The highest BCUT2D eigenvalue weighted by molar-refractivity contribution is 5.96. The van der Waals surface area contributed by atoms with Crippen LogP contribution < -0.4 is 10.6 Å². The van der Waals surface area contributed by atoms with Gasteiger partial charge in [0.25, 0.3) is 0 Å². The molecule has 116 valence electrons. The highest BCUT2D eigenvalue weighted by atomic mass is 35.5. The Morgan fingerprint density at radius 1 is 1.33 bits per heavy atom. The number of carbonyl (C=O) groups excluding carboxylic acids is 1. The normalized spacial score (nSPS) is 25.3. The van der Waals surface area contributed by atoms with Crippen LogP contribution in [-0.4, -0.2) is 43.0 Å². The Balaban J connectivity index is 0.00000161. The lowest BCUT2D eigenvalue weighted by Crippen LogP contribution is -2.49. The van der Waals surface area contributed by atoms with Gasteiger partial charge in [-0.3, -0.25) is 9.69 Å². The Hall–Kier alpha value is -1.10. The van der Waals surface area contributed by atoms with Gasteiger partial charge in [0.05, 0.1) is 6.54 Å². The number of hydrogen-bond donors (Lipinski definition) is 1. The fraction of sp³-hybridized carbons (Fsp3) is 0.562. The predicted octanol–water partition coefficient (Wildman–Crippen LogP) is 1.67. The fourth-order valence-electron chi connectivity index (χ4n) is 3.27. The van der Waals surface area contributed by atoms with Crippen LogP contribution in [0.5, 0.6) is 0 Å². The lowest BCUT2D eigenvalue weighted by molar-refractivity contribution is -0.120. The van der Waals surface area contributed by atoms with Gasteiger partial charge in [-0.15, -0.1) is 12.4 Å². The van der Waals surface area contributed by atoms with E-state index in [9.17, 15) is 4.79 Å². The van der Waals surface area contributed by atoms with Crippen molar-refractivity contribution in [3.8, 4) is 0 Å². The van der Waals surface area contributed by atoms with Gasteiger partial charge in [0.15, 0.2) is 0 Å². The third-order valence-electron chi connectivity index (χ3n) is 4.60. The number of amides is 1. The van der Waals surface area contributed by atoms with Crippen LogP contribution in [-0.2, 0) is 11.2 Å². The number of anilines is 1. The molecular formula is C16H24ClN3O. The van der Waals surface area contributed by atoms with Crippen LogP contribution in [0.25, 0.3) is 0 Å². The second-order valence-electron chi connectivity index (χ2n) is 6.09. The molecule has 2 unspecified atom stereocenters. The molecule has 1 aromatic carbocycles. The van der Waals surface area contributed by atoms with Gasteiger partial charge >= 0.3 is 0 Å². The minimum atomic E-state index is 0. The van der Waals surface area contributed by atoms with E-state index in [2.05, 4.69) is 24.0 Å². The molecule has 0 bridgehead atoms. The molecule has 0 saturated carbocycles. The Kier molecular flexibility index (Phi) is 5.25. The standard InChI is InChI=1S/C16H23N3O.ClH/c1-12-10-18(8-7-14(12)17)11-16(20)19-9-6-13-4-2-3-5-15(13)19;/h2-5,12,14H,6-11,17H2,1H3;1H. The van der Waals surface area contributed by atoms with E-state index in [4.69, 9.17) is 5.73 Å². The molecule has 1 amide bonds. The van der Waals surface area contributed by atoms with Gasteiger partial charge in [0.2, 0.25) is 5.91 Å². The van der Waals surface area contributed by atoms with Crippen LogP contribution in [0.15, 0.2) is 24.3 Å². The number of carbonyl (C=O) groups is 1. The highest BCUT2D eigenvalue weighted by Gasteiger charge is 2.28. The number of nitrogens with two attached hydrogens (primary N) is 1. The smallest absolute Gasteiger partial charge is 0.241 e. The minimum absolute atomic E-state index is 0. The molecule has 0 spiro atoms. The van der Waals surface area contributed by atoms with Crippen molar-refractivity contribution >= 4 is 24.0 Å². The summed E-state index contributed by atoms with van der Waals surface area (Å²) in [4.78, 5) is 16.7. The van der Waals surface area contributed by atoms with Gasteiger partial charge in [-0.1, -0.05) is 25.1 Å². The van der Waals surface area contributed by atoms with Gasteiger partial charge in [0.1, 0.15) is 0 Å². The molecule has 5 heteroatoms. The number of benzene rings is 1. The van der Waals surface area contributed by atoms with Crippen LogP contribution in [0.1, 0.15) is 18.9 Å². The zero-order chi connectivity index (χ0) is 14.1. The van der Waals surface area contributed by atoms with Crippen molar-refractivity contribution in [3.05, 3.63) is 29.8 Å². The zero-order valence-electron chi connectivity index (χ0n) is 12.5. The van der Waals surface area contributed by atoms with E-state index in [-0.39, 0.29) is 24.4 Å². The summed E-state index contributed by atoms with van der Waals surface area (Å²) < 4.78 is 0. The molecule has 0 aromatic heterocycles. The van der Waals surface area contributed by atoms with Gasteiger partial charge < -0.3 is 10.6 Å². The quantitative estimate of drug-likeness (QED) is 0.904. The van der Waals surface area contributed by atoms with Crippen molar-refractivity contribution in [2.75, 3.05) is 31.1 Å². The van der Waals surface area contributed by atoms with Gasteiger partial charge in [-0.05, 0) is 30.4 Å². The number of fused-ring (bicyclic) bond motifs is 1. The fourth-order valence-corrected chi connectivity index (χ4v) is 3.27.